The Labute approximate surface area is 126 Å². The average molecular weight is 340 g/mol. The minimum absolute atomic E-state index is 0.0231. The number of hydrogen-bond acceptors (Lipinski definition) is 3. The third-order valence-corrected chi connectivity index (χ3v) is 3.76. The van der Waals surface area contributed by atoms with Gasteiger partial charge in [0.15, 0.2) is 0 Å². The highest BCUT2D eigenvalue weighted by Gasteiger charge is 2.19. The van der Waals surface area contributed by atoms with Crippen LogP contribution in [0.2, 0.25) is 0 Å². The zero-order valence-corrected chi connectivity index (χ0v) is 12.9. The molecule has 0 aromatic heterocycles. The number of amides is 2. The fourth-order valence-corrected chi connectivity index (χ4v) is 2.42. The molecule has 0 aliphatic carbocycles. The van der Waals surface area contributed by atoms with Crippen LogP contribution in [-0.2, 0) is 9.59 Å². The molecule has 0 bridgehead atoms. The number of carbonyl (C=O) groups is 2. The Bertz CT molecular complexity index is 490. The number of nitrogens with zero attached hydrogens (tertiary/aromatic N) is 1. The Morgan fingerprint density at radius 1 is 1.45 bits per heavy atom. The fourth-order valence-electron chi connectivity index (χ4n) is 2.15. The van der Waals surface area contributed by atoms with Crippen molar-refractivity contribution in [2.24, 2.45) is 0 Å². The zero-order chi connectivity index (χ0) is 14.5. The predicted molar refractivity (Wildman–Crippen MR) is 80.1 cm³/mol. The van der Waals surface area contributed by atoms with Crippen LogP contribution in [-0.4, -0.2) is 42.9 Å². The first-order valence-corrected chi connectivity index (χ1v) is 7.38. The molecule has 1 heterocycles. The van der Waals surface area contributed by atoms with Crippen LogP contribution in [0.15, 0.2) is 28.7 Å². The van der Waals surface area contributed by atoms with Crippen molar-refractivity contribution in [3.8, 4) is 0 Å². The summed E-state index contributed by atoms with van der Waals surface area (Å²) in [6.45, 7) is 3.82. The lowest BCUT2D eigenvalue weighted by molar-refractivity contribution is -0.127. The molecule has 0 saturated carbocycles. The molecular formula is C14H18BrN3O2. The van der Waals surface area contributed by atoms with E-state index in [1.54, 1.807) is 0 Å². The van der Waals surface area contributed by atoms with E-state index < -0.39 is 0 Å². The molecule has 0 radical (unpaired) electrons. The topological polar surface area (TPSA) is 61.4 Å². The van der Waals surface area contributed by atoms with Crippen LogP contribution in [0.5, 0.6) is 0 Å². The molecule has 1 saturated heterocycles. The summed E-state index contributed by atoms with van der Waals surface area (Å²) in [5.74, 6) is -0.0832. The molecule has 2 amide bonds. The molecule has 1 fully saturated rings. The second-order valence-electron chi connectivity index (χ2n) is 4.90. The normalized spacial score (nSPS) is 17.4. The number of rotatable bonds is 4. The van der Waals surface area contributed by atoms with Gasteiger partial charge in [-0.25, -0.2) is 0 Å². The van der Waals surface area contributed by atoms with Gasteiger partial charge < -0.3 is 10.6 Å². The summed E-state index contributed by atoms with van der Waals surface area (Å²) in [5, 5.41) is 5.69. The first kappa shape index (κ1) is 15.0. The summed E-state index contributed by atoms with van der Waals surface area (Å²) < 4.78 is 1.01. The highest BCUT2D eigenvalue weighted by Crippen LogP contribution is 2.16. The third-order valence-electron chi connectivity index (χ3n) is 3.23. The molecule has 1 aromatic rings. The van der Waals surface area contributed by atoms with Crippen LogP contribution in [0.1, 0.15) is 18.5 Å². The molecule has 1 aliphatic heterocycles. The van der Waals surface area contributed by atoms with E-state index in [9.17, 15) is 9.59 Å². The van der Waals surface area contributed by atoms with Crippen molar-refractivity contribution in [2.45, 2.75) is 13.0 Å². The van der Waals surface area contributed by atoms with Gasteiger partial charge in [0.05, 0.1) is 19.1 Å². The Hall–Kier alpha value is -1.40. The Morgan fingerprint density at radius 2 is 2.15 bits per heavy atom. The van der Waals surface area contributed by atoms with Gasteiger partial charge in [-0.2, -0.15) is 0 Å². The van der Waals surface area contributed by atoms with Crippen LogP contribution >= 0.6 is 15.9 Å². The van der Waals surface area contributed by atoms with E-state index in [0.29, 0.717) is 19.6 Å². The van der Waals surface area contributed by atoms with E-state index >= 15 is 0 Å². The van der Waals surface area contributed by atoms with Gasteiger partial charge in [0, 0.05) is 17.6 Å². The molecule has 1 aromatic carbocycles. The van der Waals surface area contributed by atoms with Gasteiger partial charge in [0.2, 0.25) is 11.8 Å². The summed E-state index contributed by atoms with van der Waals surface area (Å²) in [6, 6.07) is 7.81. The van der Waals surface area contributed by atoms with Crippen molar-refractivity contribution in [1.29, 1.82) is 0 Å². The van der Waals surface area contributed by atoms with Crippen LogP contribution < -0.4 is 10.6 Å². The summed E-state index contributed by atoms with van der Waals surface area (Å²) in [6.07, 6.45) is 0. The number of benzene rings is 1. The maximum absolute atomic E-state index is 12.0. The van der Waals surface area contributed by atoms with Crippen molar-refractivity contribution in [3.63, 3.8) is 0 Å². The lowest BCUT2D eigenvalue weighted by Gasteiger charge is -2.26. The van der Waals surface area contributed by atoms with E-state index in [1.165, 1.54) is 0 Å². The van der Waals surface area contributed by atoms with Gasteiger partial charge in [0.1, 0.15) is 0 Å². The molecule has 1 aliphatic rings. The molecule has 6 heteroatoms. The van der Waals surface area contributed by atoms with Crippen LogP contribution in [0.3, 0.4) is 0 Å². The number of halogens is 1. The van der Waals surface area contributed by atoms with Crippen molar-refractivity contribution >= 4 is 27.7 Å². The van der Waals surface area contributed by atoms with Crippen LogP contribution in [0.4, 0.5) is 0 Å². The van der Waals surface area contributed by atoms with Gasteiger partial charge in [-0.3, -0.25) is 14.5 Å². The summed E-state index contributed by atoms with van der Waals surface area (Å²) >= 11 is 3.38. The standard InChI is InChI=1S/C14H18BrN3O2/c1-10(11-2-4-12(15)5-3-11)17-14(20)9-18-7-6-16-13(19)8-18/h2-5,10H,6-9H2,1H3,(H,16,19)(H,17,20)/t10-/m0/s1. The number of hydrogen-bond donors (Lipinski definition) is 2. The van der Waals surface area contributed by atoms with E-state index in [2.05, 4.69) is 26.6 Å². The molecular weight excluding hydrogens is 322 g/mol. The first-order chi connectivity index (χ1) is 9.54. The predicted octanol–water partition coefficient (Wildman–Crippen LogP) is 1.06. The van der Waals surface area contributed by atoms with Crippen molar-refractivity contribution in [3.05, 3.63) is 34.3 Å². The fraction of sp³-hybridized carbons (Fsp3) is 0.429. The maximum atomic E-state index is 12.0. The molecule has 0 unspecified atom stereocenters. The molecule has 108 valence electrons. The molecule has 5 nitrogen and oxygen atoms in total. The number of nitrogens with one attached hydrogen (secondary N) is 2. The van der Waals surface area contributed by atoms with Gasteiger partial charge in [0.25, 0.3) is 0 Å². The van der Waals surface area contributed by atoms with Crippen molar-refractivity contribution in [2.75, 3.05) is 26.2 Å². The largest absolute Gasteiger partial charge is 0.354 e. The van der Waals surface area contributed by atoms with E-state index in [-0.39, 0.29) is 24.4 Å². The summed E-state index contributed by atoms with van der Waals surface area (Å²) in [4.78, 5) is 25.1. The second kappa shape index (κ2) is 6.85. The Balaban J connectivity index is 1.84. The van der Waals surface area contributed by atoms with Crippen molar-refractivity contribution in [1.82, 2.24) is 15.5 Å². The SMILES string of the molecule is C[C@H](NC(=O)CN1CCNC(=O)C1)c1ccc(Br)cc1. The maximum Gasteiger partial charge on any atom is 0.234 e. The Kier molecular flexibility index (Phi) is 5.14. The zero-order valence-electron chi connectivity index (χ0n) is 11.4. The quantitative estimate of drug-likeness (QED) is 0.862. The first-order valence-electron chi connectivity index (χ1n) is 6.58. The lowest BCUT2D eigenvalue weighted by atomic mass is 10.1. The van der Waals surface area contributed by atoms with Gasteiger partial charge in [-0.15, -0.1) is 0 Å². The molecule has 1 atom stereocenters. The molecule has 2 rings (SSSR count). The highest BCUT2D eigenvalue weighted by molar-refractivity contribution is 9.10. The average Bonchev–Trinajstić information content (AvgIpc) is 2.39. The Morgan fingerprint density at radius 3 is 2.80 bits per heavy atom. The van der Waals surface area contributed by atoms with Gasteiger partial charge in [-0.05, 0) is 24.6 Å². The van der Waals surface area contributed by atoms with Crippen molar-refractivity contribution < 1.29 is 9.59 Å². The number of carbonyl (C=O) groups excluding carboxylic acids is 2. The lowest BCUT2D eigenvalue weighted by Crippen LogP contribution is -2.50. The molecule has 0 spiro atoms. The molecule has 20 heavy (non-hydrogen) atoms. The second-order valence-corrected chi connectivity index (χ2v) is 5.82. The van der Waals surface area contributed by atoms with E-state index in [1.807, 2.05) is 36.1 Å². The summed E-state index contributed by atoms with van der Waals surface area (Å²) in [5.41, 5.74) is 1.05. The number of piperazine rings is 1. The van der Waals surface area contributed by atoms with Gasteiger partial charge in [-0.1, -0.05) is 28.1 Å². The minimum Gasteiger partial charge on any atom is -0.354 e. The smallest absolute Gasteiger partial charge is 0.234 e. The summed E-state index contributed by atoms with van der Waals surface area (Å²) in [7, 11) is 0. The van der Waals surface area contributed by atoms with Crippen LogP contribution in [0.25, 0.3) is 0 Å². The highest BCUT2D eigenvalue weighted by atomic mass is 79.9. The van der Waals surface area contributed by atoms with E-state index in [4.69, 9.17) is 0 Å². The monoisotopic (exact) mass is 339 g/mol. The van der Waals surface area contributed by atoms with Crippen LogP contribution in [0, 0.1) is 0 Å². The van der Waals surface area contributed by atoms with E-state index in [0.717, 1.165) is 10.0 Å². The third kappa shape index (κ3) is 4.31. The minimum atomic E-state index is -0.0601. The molecule has 2 N–H and O–H groups in total. The van der Waals surface area contributed by atoms with Gasteiger partial charge >= 0.3 is 0 Å².